The second kappa shape index (κ2) is 15.7. The lowest BCUT2D eigenvalue weighted by molar-refractivity contribution is -0.108. The number of unbranched alkanes of at least 4 members (excludes halogenated alkanes) is 1. The van der Waals surface area contributed by atoms with E-state index in [1.807, 2.05) is 32.2 Å². The van der Waals surface area contributed by atoms with Crippen molar-refractivity contribution in [3.05, 3.63) is 36.5 Å². The number of carbonyl (C=O) groups excluding carboxylic acids is 1. The van der Waals surface area contributed by atoms with Gasteiger partial charge >= 0.3 is 0 Å². The number of aliphatic imine (C=N–C) groups is 2. The van der Waals surface area contributed by atoms with Gasteiger partial charge in [-0.2, -0.15) is 0 Å². The number of thioether (sulfide) groups is 1. The van der Waals surface area contributed by atoms with Crippen molar-refractivity contribution in [2.24, 2.45) is 15.9 Å². The van der Waals surface area contributed by atoms with E-state index < -0.39 is 0 Å². The van der Waals surface area contributed by atoms with Crippen LogP contribution in [0.25, 0.3) is 0 Å². The summed E-state index contributed by atoms with van der Waals surface area (Å²) >= 11 is 6.10. The molecule has 0 amide bonds. The Balaban J connectivity index is 2.43. The number of aldehydes is 1. The van der Waals surface area contributed by atoms with Gasteiger partial charge < -0.3 is 14.8 Å². The van der Waals surface area contributed by atoms with E-state index in [1.165, 1.54) is 0 Å². The van der Waals surface area contributed by atoms with E-state index >= 15 is 0 Å². The molecular weight excluding hydrogens is 402 g/mol. The third-order valence-corrected chi connectivity index (χ3v) is 5.55. The Morgan fingerprint density at radius 1 is 1.45 bits per heavy atom. The molecule has 162 valence electrons. The molecule has 3 unspecified atom stereocenters. The zero-order chi connectivity index (χ0) is 21.5. The number of hydrogen-bond acceptors (Lipinski definition) is 6. The van der Waals surface area contributed by atoms with Gasteiger partial charge in [0.25, 0.3) is 0 Å². The molecule has 0 radical (unpaired) electrons. The number of allylic oxidation sites excluding steroid dienone is 2. The van der Waals surface area contributed by atoms with E-state index in [2.05, 4.69) is 47.5 Å². The van der Waals surface area contributed by atoms with Crippen molar-refractivity contribution in [1.29, 1.82) is 0 Å². The molecule has 0 spiro atoms. The summed E-state index contributed by atoms with van der Waals surface area (Å²) in [5.41, 5.74) is 0.950. The van der Waals surface area contributed by atoms with Gasteiger partial charge in [0.1, 0.15) is 12.3 Å². The van der Waals surface area contributed by atoms with Gasteiger partial charge in [-0.25, -0.2) is 0 Å². The van der Waals surface area contributed by atoms with Crippen molar-refractivity contribution < 1.29 is 9.53 Å². The van der Waals surface area contributed by atoms with Crippen LogP contribution < -0.4 is 5.32 Å². The largest absolute Gasteiger partial charge is 0.381 e. The van der Waals surface area contributed by atoms with Crippen LogP contribution in [0.5, 0.6) is 0 Å². The third kappa shape index (κ3) is 12.2. The average Bonchev–Trinajstić information content (AvgIpc) is 3.14. The van der Waals surface area contributed by atoms with Gasteiger partial charge in [-0.1, -0.05) is 43.4 Å². The average molecular weight is 438 g/mol. The summed E-state index contributed by atoms with van der Waals surface area (Å²) in [7, 11) is 1.97. The summed E-state index contributed by atoms with van der Waals surface area (Å²) in [5.74, 6) is 1.08. The number of hydrogen-bond donors (Lipinski definition) is 2. The normalized spacial score (nSPS) is 19.7. The van der Waals surface area contributed by atoms with Crippen LogP contribution in [0, 0.1) is 5.92 Å². The van der Waals surface area contributed by atoms with Crippen LogP contribution in [-0.4, -0.2) is 61.0 Å². The van der Waals surface area contributed by atoms with Crippen molar-refractivity contribution in [1.82, 2.24) is 5.32 Å². The second-order valence-corrected chi connectivity index (χ2v) is 8.79. The Morgan fingerprint density at radius 3 is 2.86 bits per heavy atom. The molecule has 0 aromatic heterocycles. The van der Waals surface area contributed by atoms with Gasteiger partial charge in [-0.05, 0) is 39.3 Å². The van der Waals surface area contributed by atoms with Gasteiger partial charge in [0, 0.05) is 18.8 Å². The monoisotopic (exact) mass is 437 g/mol. The van der Waals surface area contributed by atoms with Crippen molar-refractivity contribution in [2.45, 2.75) is 45.2 Å². The van der Waals surface area contributed by atoms with Crippen molar-refractivity contribution >= 4 is 40.8 Å². The summed E-state index contributed by atoms with van der Waals surface area (Å²) in [6.45, 7) is 10.7. The molecule has 1 aliphatic rings. The van der Waals surface area contributed by atoms with Gasteiger partial charge in [0.2, 0.25) is 0 Å². The van der Waals surface area contributed by atoms with Crippen LogP contribution in [0.2, 0.25) is 0 Å². The van der Waals surface area contributed by atoms with Crippen LogP contribution >= 0.6 is 24.4 Å². The molecule has 1 aliphatic heterocycles. The Morgan fingerprint density at radius 2 is 2.21 bits per heavy atom. The summed E-state index contributed by atoms with van der Waals surface area (Å²) in [6.07, 6.45) is 11.9. The number of rotatable bonds is 15. The molecule has 0 aromatic rings. The van der Waals surface area contributed by atoms with Crippen LogP contribution in [0.15, 0.2) is 46.4 Å². The first-order valence-electron chi connectivity index (χ1n) is 10.1. The number of nitrogens with zero attached hydrogens (tertiary/aromatic N) is 2. The van der Waals surface area contributed by atoms with E-state index in [9.17, 15) is 4.79 Å². The Hall–Kier alpha value is -1.15. The summed E-state index contributed by atoms with van der Waals surface area (Å²) in [4.78, 5) is 19.8. The SMILES string of the molecule is C=C(C)C(C=CC=CC(C)COCCCCNC)/N=C(\S)CC1=NC(C=O)CS1. The van der Waals surface area contributed by atoms with E-state index in [4.69, 9.17) is 4.74 Å². The van der Waals surface area contributed by atoms with Gasteiger partial charge in [-0.15, -0.1) is 24.4 Å². The Labute approximate surface area is 185 Å². The smallest absolute Gasteiger partial charge is 0.145 e. The lowest BCUT2D eigenvalue weighted by Gasteiger charge is -2.09. The maximum atomic E-state index is 10.8. The van der Waals surface area contributed by atoms with Crippen molar-refractivity contribution in [3.63, 3.8) is 0 Å². The molecule has 29 heavy (non-hydrogen) atoms. The zero-order valence-electron chi connectivity index (χ0n) is 17.8. The van der Waals surface area contributed by atoms with Crippen molar-refractivity contribution in [3.8, 4) is 0 Å². The minimum atomic E-state index is -0.225. The molecule has 1 rings (SSSR count). The molecule has 0 aromatic carbocycles. The van der Waals surface area contributed by atoms with Crippen LogP contribution in [-0.2, 0) is 9.53 Å². The minimum Gasteiger partial charge on any atom is -0.381 e. The van der Waals surface area contributed by atoms with Gasteiger partial charge in [-0.3, -0.25) is 9.98 Å². The van der Waals surface area contributed by atoms with E-state index in [0.29, 0.717) is 23.1 Å². The lowest BCUT2D eigenvalue weighted by Crippen LogP contribution is -2.09. The molecule has 1 heterocycles. The van der Waals surface area contributed by atoms with Crippen LogP contribution in [0.4, 0.5) is 0 Å². The molecule has 0 fully saturated rings. The standard InChI is InChI=1S/C22H35N3O2S2/c1-17(2)20(25-21(28)13-22-24-19(14-26)16-29-22)10-6-5-9-18(3)15-27-12-8-7-11-23-4/h5-6,9-10,14,18-20,23H,1,7-8,11-13,15-16H2,2-4H3,(H,25,28). The van der Waals surface area contributed by atoms with Gasteiger partial charge in [0.05, 0.1) is 22.7 Å². The molecule has 0 aliphatic carbocycles. The quantitative estimate of drug-likeness (QED) is 0.0769. The predicted octanol–water partition coefficient (Wildman–Crippen LogP) is 4.13. The van der Waals surface area contributed by atoms with Gasteiger partial charge in [0.15, 0.2) is 0 Å². The fraction of sp³-hybridized carbons (Fsp3) is 0.591. The lowest BCUT2D eigenvalue weighted by atomic mass is 10.1. The highest BCUT2D eigenvalue weighted by Gasteiger charge is 2.18. The summed E-state index contributed by atoms with van der Waals surface area (Å²) in [5, 5.41) is 4.75. The molecular formula is C22H35N3O2S2. The maximum absolute atomic E-state index is 10.8. The fourth-order valence-corrected chi connectivity index (χ4v) is 3.87. The van der Waals surface area contributed by atoms with Crippen molar-refractivity contribution in [2.75, 3.05) is 32.6 Å². The molecule has 0 saturated carbocycles. The molecule has 0 saturated heterocycles. The first kappa shape index (κ1) is 25.9. The van der Waals surface area contributed by atoms with Crippen LogP contribution in [0.3, 0.4) is 0 Å². The highest BCUT2D eigenvalue weighted by atomic mass is 32.2. The summed E-state index contributed by atoms with van der Waals surface area (Å²) < 4.78 is 5.71. The third-order valence-electron chi connectivity index (χ3n) is 4.18. The highest BCUT2D eigenvalue weighted by molar-refractivity contribution is 8.14. The number of thiol groups is 1. The minimum absolute atomic E-state index is 0.125. The highest BCUT2D eigenvalue weighted by Crippen LogP contribution is 2.21. The first-order chi connectivity index (χ1) is 14.0. The van der Waals surface area contributed by atoms with E-state index in [1.54, 1.807) is 11.8 Å². The maximum Gasteiger partial charge on any atom is 0.145 e. The number of carbonyl (C=O) groups is 1. The zero-order valence-corrected chi connectivity index (χ0v) is 19.6. The Kier molecular flexibility index (Phi) is 14.0. The summed E-state index contributed by atoms with van der Waals surface area (Å²) in [6, 6.07) is -0.350. The predicted molar refractivity (Wildman–Crippen MR) is 131 cm³/mol. The molecule has 7 heteroatoms. The first-order valence-corrected chi connectivity index (χ1v) is 11.5. The second-order valence-electron chi connectivity index (χ2n) is 7.18. The molecule has 1 N–H and O–H groups in total. The molecule has 5 nitrogen and oxygen atoms in total. The topological polar surface area (TPSA) is 63.0 Å². The fourth-order valence-electron chi connectivity index (χ4n) is 2.52. The molecule has 3 atom stereocenters. The van der Waals surface area contributed by atoms with E-state index in [0.717, 1.165) is 49.5 Å². The van der Waals surface area contributed by atoms with Crippen LogP contribution in [0.1, 0.15) is 33.1 Å². The Bertz CT molecular complexity index is 630. The van der Waals surface area contributed by atoms with E-state index in [-0.39, 0.29) is 12.1 Å². The number of nitrogens with one attached hydrogen (secondary N) is 1. The molecule has 0 bridgehead atoms. The number of ether oxygens (including phenoxy) is 1.